The van der Waals surface area contributed by atoms with Crippen LogP contribution in [0.25, 0.3) is 0 Å². The molecule has 0 fully saturated rings. The number of halogens is 2. The van der Waals surface area contributed by atoms with Gasteiger partial charge in [0.15, 0.2) is 0 Å². The van der Waals surface area contributed by atoms with Gasteiger partial charge in [-0.25, -0.2) is 8.78 Å². The number of phenols is 1. The minimum atomic E-state index is -0.465. The molecule has 0 bridgehead atoms. The van der Waals surface area contributed by atoms with E-state index in [0.717, 1.165) is 11.6 Å². The lowest BCUT2D eigenvalue weighted by Gasteiger charge is -2.16. The minimum absolute atomic E-state index is 0.0681. The molecule has 0 aliphatic heterocycles. The van der Waals surface area contributed by atoms with Gasteiger partial charge in [-0.2, -0.15) is 0 Å². The second-order valence-corrected chi connectivity index (χ2v) is 5.35. The number of phenolic OH excluding ortho intramolecular Hbond substituents is 1. The standard InChI is InChI=1S/C17H19F2NO/c1-10-6-13(7-11(2)17(10)19)9-20-12(3)15-5-4-14(18)8-16(15)21/h4-8,12,20-21H,9H2,1-3H3. The van der Waals surface area contributed by atoms with Crippen LogP contribution >= 0.6 is 0 Å². The van der Waals surface area contributed by atoms with Crippen LogP contribution in [0.3, 0.4) is 0 Å². The summed E-state index contributed by atoms with van der Waals surface area (Å²) >= 11 is 0. The van der Waals surface area contributed by atoms with Crippen LogP contribution in [0.1, 0.15) is 35.2 Å². The first-order chi connectivity index (χ1) is 9.88. The van der Waals surface area contributed by atoms with E-state index < -0.39 is 5.82 Å². The van der Waals surface area contributed by atoms with Crippen LogP contribution in [-0.2, 0) is 6.54 Å². The molecule has 1 atom stereocenters. The summed E-state index contributed by atoms with van der Waals surface area (Å²) in [6, 6.07) is 7.43. The second kappa shape index (κ2) is 6.22. The van der Waals surface area contributed by atoms with E-state index in [1.807, 2.05) is 6.92 Å². The van der Waals surface area contributed by atoms with Crippen molar-refractivity contribution >= 4 is 0 Å². The first-order valence-corrected chi connectivity index (χ1v) is 6.86. The van der Waals surface area contributed by atoms with E-state index in [-0.39, 0.29) is 17.6 Å². The normalized spacial score (nSPS) is 12.4. The van der Waals surface area contributed by atoms with Gasteiger partial charge in [0.1, 0.15) is 17.4 Å². The van der Waals surface area contributed by atoms with Crippen LogP contribution in [0.5, 0.6) is 5.75 Å². The Kier molecular flexibility index (Phi) is 4.58. The Morgan fingerprint density at radius 3 is 2.29 bits per heavy atom. The molecule has 2 aromatic rings. The molecule has 0 saturated carbocycles. The van der Waals surface area contributed by atoms with Crippen molar-refractivity contribution in [1.82, 2.24) is 5.32 Å². The first-order valence-electron chi connectivity index (χ1n) is 6.86. The zero-order chi connectivity index (χ0) is 15.6. The fourth-order valence-electron chi connectivity index (χ4n) is 2.40. The van der Waals surface area contributed by atoms with Gasteiger partial charge >= 0.3 is 0 Å². The summed E-state index contributed by atoms with van der Waals surface area (Å²) in [6.07, 6.45) is 0. The summed E-state index contributed by atoms with van der Waals surface area (Å²) in [5.74, 6) is -0.710. The third-order valence-electron chi connectivity index (χ3n) is 3.57. The molecule has 0 aliphatic carbocycles. The van der Waals surface area contributed by atoms with Gasteiger partial charge in [-0.1, -0.05) is 18.2 Å². The third-order valence-corrected chi connectivity index (χ3v) is 3.57. The summed E-state index contributed by atoms with van der Waals surface area (Å²) < 4.78 is 26.5. The molecule has 2 N–H and O–H groups in total. The zero-order valence-corrected chi connectivity index (χ0v) is 12.4. The maximum absolute atomic E-state index is 13.6. The number of aryl methyl sites for hydroxylation is 2. The van der Waals surface area contributed by atoms with Gasteiger partial charge in [0.05, 0.1) is 0 Å². The predicted molar refractivity (Wildman–Crippen MR) is 79.2 cm³/mol. The highest BCUT2D eigenvalue weighted by atomic mass is 19.1. The minimum Gasteiger partial charge on any atom is -0.508 e. The largest absolute Gasteiger partial charge is 0.508 e. The maximum Gasteiger partial charge on any atom is 0.129 e. The zero-order valence-electron chi connectivity index (χ0n) is 12.4. The SMILES string of the molecule is Cc1cc(CNC(C)c2ccc(F)cc2O)cc(C)c1F. The monoisotopic (exact) mass is 291 g/mol. The lowest BCUT2D eigenvalue weighted by Crippen LogP contribution is -2.18. The Labute approximate surface area is 123 Å². The van der Waals surface area contributed by atoms with Crippen molar-refractivity contribution in [3.63, 3.8) is 0 Å². The summed E-state index contributed by atoms with van der Waals surface area (Å²) in [5, 5.41) is 13.0. The Hall–Kier alpha value is -1.94. The third kappa shape index (κ3) is 3.58. The quantitative estimate of drug-likeness (QED) is 0.887. The Morgan fingerprint density at radius 1 is 1.10 bits per heavy atom. The Morgan fingerprint density at radius 2 is 1.71 bits per heavy atom. The first kappa shape index (κ1) is 15.4. The van der Waals surface area contributed by atoms with E-state index in [4.69, 9.17) is 0 Å². The van der Waals surface area contributed by atoms with E-state index >= 15 is 0 Å². The van der Waals surface area contributed by atoms with Crippen LogP contribution in [0, 0.1) is 25.5 Å². The van der Waals surface area contributed by atoms with Crippen molar-refractivity contribution in [3.8, 4) is 5.75 Å². The van der Waals surface area contributed by atoms with Gasteiger partial charge in [-0.3, -0.25) is 0 Å². The summed E-state index contributed by atoms with van der Waals surface area (Å²) in [7, 11) is 0. The summed E-state index contributed by atoms with van der Waals surface area (Å²) in [5.41, 5.74) is 2.83. The number of aromatic hydroxyl groups is 1. The molecule has 0 spiro atoms. The fraction of sp³-hybridized carbons (Fsp3) is 0.294. The van der Waals surface area contributed by atoms with Gasteiger partial charge in [-0.15, -0.1) is 0 Å². The van der Waals surface area contributed by atoms with Gasteiger partial charge in [0.2, 0.25) is 0 Å². The average Bonchev–Trinajstić information content (AvgIpc) is 2.42. The molecule has 0 amide bonds. The smallest absolute Gasteiger partial charge is 0.129 e. The van der Waals surface area contributed by atoms with E-state index in [9.17, 15) is 13.9 Å². The molecular weight excluding hydrogens is 272 g/mol. The molecule has 2 rings (SSSR count). The van der Waals surface area contributed by atoms with Crippen molar-refractivity contribution < 1.29 is 13.9 Å². The van der Waals surface area contributed by atoms with E-state index in [1.165, 1.54) is 6.07 Å². The molecule has 112 valence electrons. The van der Waals surface area contributed by atoms with Gasteiger partial charge in [0, 0.05) is 24.2 Å². The molecule has 21 heavy (non-hydrogen) atoms. The number of hydrogen-bond donors (Lipinski definition) is 2. The topological polar surface area (TPSA) is 32.3 Å². The number of nitrogens with one attached hydrogen (secondary N) is 1. The number of benzene rings is 2. The van der Waals surface area contributed by atoms with Crippen LogP contribution < -0.4 is 5.32 Å². The lowest BCUT2D eigenvalue weighted by molar-refractivity contribution is 0.446. The molecule has 4 heteroatoms. The van der Waals surface area contributed by atoms with Gasteiger partial charge in [-0.05, 0) is 43.5 Å². The summed E-state index contributed by atoms with van der Waals surface area (Å²) in [6.45, 7) is 5.90. The van der Waals surface area contributed by atoms with Crippen molar-refractivity contribution in [2.45, 2.75) is 33.4 Å². The molecular formula is C17H19F2NO. The van der Waals surface area contributed by atoms with Gasteiger partial charge < -0.3 is 10.4 Å². The van der Waals surface area contributed by atoms with Crippen LogP contribution in [0.4, 0.5) is 8.78 Å². The van der Waals surface area contributed by atoms with Crippen molar-refractivity contribution in [2.75, 3.05) is 0 Å². The predicted octanol–water partition coefficient (Wildman–Crippen LogP) is 4.14. The molecule has 2 aromatic carbocycles. The van der Waals surface area contributed by atoms with Crippen LogP contribution in [-0.4, -0.2) is 5.11 Å². The van der Waals surface area contributed by atoms with E-state index in [1.54, 1.807) is 32.0 Å². The highest BCUT2D eigenvalue weighted by molar-refractivity contribution is 5.35. The van der Waals surface area contributed by atoms with Crippen molar-refractivity contribution in [2.24, 2.45) is 0 Å². The van der Waals surface area contributed by atoms with Crippen LogP contribution in [0.15, 0.2) is 30.3 Å². The molecule has 2 nitrogen and oxygen atoms in total. The molecule has 0 aromatic heterocycles. The molecule has 0 heterocycles. The summed E-state index contributed by atoms with van der Waals surface area (Å²) in [4.78, 5) is 0. The van der Waals surface area contributed by atoms with Crippen LogP contribution in [0.2, 0.25) is 0 Å². The maximum atomic E-state index is 13.6. The molecule has 0 saturated heterocycles. The van der Waals surface area contributed by atoms with Crippen molar-refractivity contribution in [3.05, 3.63) is 64.2 Å². The fourth-order valence-corrected chi connectivity index (χ4v) is 2.40. The second-order valence-electron chi connectivity index (χ2n) is 5.35. The average molecular weight is 291 g/mol. The molecule has 1 unspecified atom stereocenters. The number of rotatable bonds is 4. The van der Waals surface area contributed by atoms with E-state index in [0.29, 0.717) is 23.2 Å². The lowest BCUT2D eigenvalue weighted by atomic mass is 10.0. The van der Waals surface area contributed by atoms with E-state index in [2.05, 4.69) is 5.32 Å². The van der Waals surface area contributed by atoms with Crippen molar-refractivity contribution in [1.29, 1.82) is 0 Å². The van der Waals surface area contributed by atoms with Gasteiger partial charge in [0.25, 0.3) is 0 Å². The number of hydrogen-bond acceptors (Lipinski definition) is 2. The molecule has 0 radical (unpaired) electrons. The Bertz CT molecular complexity index is 632. The highest BCUT2D eigenvalue weighted by Gasteiger charge is 2.11. The highest BCUT2D eigenvalue weighted by Crippen LogP contribution is 2.25. The Balaban J connectivity index is 2.09. The molecule has 0 aliphatic rings.